The lowest BCUT2D eigenvalue weighted by molar-refractivity contribution is -0.123. The molecule has 12 heteroatoms. The highest BCUT2D eigenvalue weighted by Gasteiger charge is 2.29. The Bertz CT molecular complexity index is 958. The van der Waals surface area contributed by atoms with Crippen LogP contribution in [0.5, 0.6) is 11.6 Å². The first kappa shape index (κ1) is 21.0. The van der Waals surface area contributed by atoms with Crippen LogP contribution in [0.15, 0.2) is 35.4 Å². The average Bonchev–Trinajstić information content (AvgIpc) is 2.86. The Hall–Kier alpha value is -2.73. The van der Waals surface area contributed by atoms with E-state index in [-0.39, 0.29) is 39.4 Å². The Morgan fingerprint density at radius 1 is 1.41 bits per heavy atom. The first-order valence-corrected chi connectivity index (χ1v) is 10.2. The van der Waals surface area contributed by atoms with Crippen molar-refractivity contribution in [3.8, 4) is 11.6 Å². The molecular weight excluding hydrogens is 424 g/mol. The minimum atomic E-state index is -3.60. The maximum Gasteiger partial charge on any atom is 0.257 e. The predicted molar refractivity (Wildman–Crippen MR) is 108 cm³/mol. The zero-order valence-electron chi connectivity index (χ0n) is 15.4. The summed E-state index contributed by atoms with van der Waals surface area (Å²) in [5.74, 6) is -0.749. The van der Waals surface area contributed by atoms with E-state index in [1.807, 2.05) is 0 Å². The highest BCUT2D eigenvalue weighted by atomic mass is 35.5. The summed E-state index contributed by atoms with van der Waals surface area (Å²) in [4.78, 5) is 28.4. The van der Waals surface area contributed by atoms with Crippen LogP contribution < -0.4 is 24.8 Å². The van der Waals surface area contributed by atoms with Crippen LogP contribution in [0.3, 0.4) is 0 Å². The second kappa shape index (κ2) is 8.33. The number of hydrogen-bond donors (Lipinski definition) is 5. The molecule has 0 saturated heterocycles. The first-order valence-electron chi connectivity index (χ1n) is 8.30. The Morgan fingerprint density at radius 2 is 2.17 bits per heavy atom. The van der Waals surface area contributed by atoms with Crippen molar-refractivity contribution in [1.29, 1.82) is 0 Å². The predicted octanol–water partition coefficient (Wildman–Crippen LogP) is 2.12. The molecule has 0 spiro atoms. The van der Waals surface area contributed by atoms with Crippen molar-refractivity contribution in [2.24, 2.45) is 0 Å². The average molecular weight is 443 g/mol. The summed E-state index contributed by atoms with van der Waals surface area (Å²) in [7, 11) is -0.764. The van der Waals surface area contributed by atoms with E-state index in [2.05, 4.69) is 20.3 Å². The van der Waals surface area contributed by atoms with Crippen molar-refractivity contribution in [2.75, 3.05) is 25.5 Å². The SMILES string of the molecule is CNC(=O)C1COc2ncc(NS(O)(O)c3cc(Cl)ccc3OC)cc2C(=O)N1. The van der Waals surface area contributed by atoms with E-state index >= 15 is 0 Å². The molecule has 2 aromatic rings. The number of benzene rings is 1. The Labute approximate surface area is 173 Å². The highest BCUT2D eigenvalue weighted by molar-refractivity contribution is 8.25. The third kappa shape index (κ3) is 4.48. The van der Waals surface area contributed by atoms with Gasteiger partial charge in [0.1, 0.15) is 28.9 Å². The lowest BCUT2D eigenvalue weighted by Crippen LogP contribution is -2.47. The molecule has 0 fully saturated rings. The molecule has 0 saturated carbocycles. The summed E-state index contributed by atoms with van der Waals surface area (Å²) in [5, 5.41) is 5.26. The van der Waals surface area contributed by atoms with Crippen LogP contribution in [0.4, 0.5) is 5.69 Å². The summed E-state index contributed by atoms with van der Waals surface area (Å²) in [6, 6.07) is 4.88. The summed E-state index contributed by atoms with van der Waals surface area (Å²) in [5.41, 5.74) is 0.178. The number of rotatable bonds is 5. The lowest BCUT2D eigenvalue weighted by atomic mass is 10.2. The molecule has 3 rings (SSSR count). The molecule has 2 amide bonds. The van der Waals surface area contributed by atoms with E-state index in [4.69, 9.17) is 21.1 Å². The minimum Gasteiger partial charge on any atom is -0.495 e. The number of carbonyl (C=O) groups excluding carboxylic acids is 2. The van der Waals surface area contributed by atoms with E-state index in [9.17, 15) is 18.7 Å². The zero-order valence-corrected chi connectivity index (χ0v) is 17.0. The van der Waals surface area contributed by atoms with Gasteiger partial charge in [0.25, 0.3) is 5.91 Å². The molecule has 1 aromatic heterocycles. The molecule has 1 aliphatic heterocycles. The fourth-order valence-electron chi connectivity index (χ4n) is 2.63. The van der Waals surface area contributed by atoms with Crippen molar-refractivity contribution in [3.05, 3.63) is 41.0 Å². The van der Waals surface area contributed by atoms with Crippen molar-refractivity contribution in [2.45, 2.75) is 10.9 Å². The second-order valence-electron chi connectivity index (χ2n) is 5.97. The van der Waals surface area contributed by atoms with Gasteiger partial charge in [0, 0.05) is 12.1 Å². The summed E-state index contributed by atoms with van der Waals surface area (Å²) < 4.78 is 34.4. The van der Waals surface area contributed by atoms with E-state index < -0.39 is 28.6 Å². The Kier molecular flexibility index (Phi) is 6.03. The molecule has 10 nitrogen and oxygen atoms in total. The number of carbonyl (C=O) groups is 2. The van der Waals surface area contributed by atoms with Crippen molar-refractivity contribution < 1.29 is 28.2 Å². The van der Waals surface area contributed by atoms with Gasteiger partial charge in [-0.3, -0.25) is 23.4 Å². The van der Waals surface area contributed by atoms with Crippen molar-refractivity contribution in [1.82, 2.24) is 15.6 Å². The van der Waals surface area contributed by atoms with Gasteiger partial charge in [-0.05, 0) is 24.3 Å². The number of halogens is 1. The lowest BCUT2D eigenvalue weighted by Gasteiger charge is -2.34. The van der Waals surface area contributed by atoms with Gasteiger partial charge in [-0.2, -0.15) is 0 Å². The fraction of sp³-hybridized carbons (Fsp3) is 0.235. The quantitative estimate of drug-likeness (QED) is 0.474. The largest absolute Gasteiger partial charge is 0.495 e. The van der Waals surface area contributed by atoms with Gasteiger partial charge in [-0.25, -0.2) is 4.98 Å². The number of anilines is 1. The van der Waals surface area contributed by atoms with Crippen LogP contribution in [0.1, 0.15) is 10.4 Å². The second-order valence-corrected chi connectivity index (χ2v) is 8.15. The van der Waals surface area contributed by atoms with Crippen molar-refractivity contribution >= 4 is 39.9 Å². The number of nitrogens with zero attached hydrogens (tertiary/aromatic N) is 1. The molecule has 0 aliphatic carbocycles. The van der Waals surface area contributed by atoms with Gasteiger partial charge < -0.3 is 20.1 Å². The summed E-state index contributed by atoms with van der Waals surface area (Å²) in [6.07, 6.45) is 1.28. The van der Waals surface area contributed by atoms with Crippen LogP contribution >= 0.6 is 22.4 Å². The standard InChI is InChI=1S/C17H19ClN4O6S/c1-19-16(24)12-8-28-17-11(15(23)21-12)6-10(7-20-17)22-29(25,26)14-5-9(18)3-4-13(14)27-2/h3-7,12,22,25-26H,8H2,1-2H3,(H,19,24)(H,21,23). The number of methoxy groups -OCH3 is 1. The number of nitrogens with one attached hydrogen (secondary N) is 3. The Morgan fingerprint density at radius 3 is 2.86 bits per heavy atom. The number of aromatic nitrogens is 1. The monoisotopic (exact) mass is 442 g/mol. The van der Waals surface area contributed by atoms with Gasteiger partial charge in [0.2, 0.25) is 11.8 Å². The molecule has 5 N–H and O–H groups in total. The van der Waals surface area contributed by atoms with Crippen LogP contribution in [-0.4, -0.2) is 52.7 Å². The van der Waals surface area contributed by atoms with E-state index in [1.165, 1.54) is 38.6 Å². The zero-order chi connectivity index (χ0) is 21.2. The van der Waals surface area contributed by atoms with Gasteiger partial charge in [-0.15, -0.1) is 0 Å². The number of pyridine rings is 1. The van der Waals surface area contributed by atoms with E-state index in [0.717, 1.165) is 0 Å². The topological polar surface area (TPSA) is 142 Å². The maximum absolute atomic E-state index is 12.5. The molecule has 2 heterocycles. The molecule has 156 valence electrons. The molecule has 0 radical (unpaired) electrons. The summed E-state index contributed by atoms with van der Waals surface area (Å²) >= 11 is 5.96. The van der Waals surface area contributed by atoms with Crippen LogP contribution in [-0.2, 0) is 4.79 Å². The van der Waals surface area contributed by atoms with Crippen molar-refractivity contribution in [3.63, 3.8) is 0 Å². The molecule has 1 unspecified atom stereocenters. The number of amides is 2. The summed E-state index contributed by atoms with van der Waals surface area (Å²) in [6.45, 7) is -0.0902. The van der Waals surface area contributed by atoms with Crippen LogP contribution in [0.25, 0.3) is 0 Å². The van der Waals surface area contributed by atoms with Gasteiger partial charge in [-0.1, -0.05) is 22.4 Å². The third-order valence-corrected chi connectivity index (χ3v) is 5.73. The number of hydrogen-bond acceptors (Lipinski definition) is 8. The maximum atomic E-state index is 12.5. The molecular formula is C17H19ClN4O6S. The van der Waals surface area contributed by atoms with Gasteiger partial charge >= 0.3 is 0 Å². The van der Waals surface area contributed by atoms with Crippen LogP contribution in [0, 0.1) is 0 Å². The molecule has 1 aliphatic rings. The number of fused-ring (bicyclic) bond motifs is 1. The fourth-order valence-corrected chi connectivity index (χ4v) is 4.14. The van der Waals surface area contributed by atoms with E-state index in [0.29, 0.717) is 0 Å². The van der Waals surface area contributed by atoms with Crippen LogP contribution in [0.2, 0.25) is 5.02 Å². The molecule has 29 heavy (non-hydrogen) atoms. The first-order chi connectivity index (χ1) is 13.7. The minimum absolute atomic E-state index is 0.0243. The molecule has 1 aromatic carbocycles. The van der Waals surface area contributed by atoms with E-state index in [1.54, 1.807) is 6.07 Å². The normalized spacial score (nSPS) is 16.6. The highest BCUT2D eigenvalue weighted by Crippen LogP contribution is 2.52. The van der Waals surface area contributed by atoms with Gasteiger partial charge in [0.15, 0.2) is 0 Å². The smallest absolute Gasteiger partial charge is 0.257 e. The van der Waals surface area contributed by atoms with Gasteiger partial charge in [0.05, 0.1) is 19.0 Å². The number of ether oxygens (including phenoxy) is 2. The Balaban J connectivity index is 1.89. The molecule has 0 bridgehead atoms. The number of likely N-dealkylation sites (N-methyl/N-ethyl adjacent to an activating group) is 1. The molecule has 1 atom stereocenters. The third-order valence-electron chi connectivity index (χ3n) is 4.04.